The summed E-state index contributed by atoms with van der Waals surface area (Å²) in [5.74, 6) is -0.0456. The van der Waals surface area contributed by atoms with Crippen LogP contribution in [0.4, 0.5) is 4.39 Å². The maximum Gasteiger partial charge on any atom is 0.318 e. The van der Waals surface area contributed by atoms with Gasteiger partial charge >= 0.3 is 6.01 Å². The Morgan fingerprint density at radius 3 is 2.79 bits per heavy atom. The topological polar surface area (TPSA) is 65.7 Å². The van der Waals surface area contributed by atoms with Crippen molar-refractivity contribution in [2.75, 3.05) is 6.61 Å². The van der Waals surface area contributed by atoms with Gasteiger partial charge in [0.15, 0.2) is 5.82 Å². The van der Waals surface area contributed by atoms with E-state index in [9.17, 15) is 4.39 Å². The number of hydrogen-bond donors (Lipinski definition) is 0. The number of para-hydroxylation sites is 2. The molecule has 0 bridgehead atoms. The highest BCUT2D eigenvalue weighted by Gasteiger charge is 2.23. The zero-order valence-corrected chi connectivity index (χ0v) is 16.1. The molecule has 28 heavy (non-hydrogen) atoms. The van der Waals surface area contributed by atoms with E-state index in [-0.39, 0.29) is 12.6 Å². The quantitative estimate of drug-likeness (QED) is 0.468. The van der Waals surface area contributed by atoms with E-state index in [4.69, 9.17) is 16.3 Å². The van der Waals surface area contributed by atoms with Crippen molar-refractivity contribution in [1.29, 1.82) is 0 Å². The Morgan fingerprint density at radius 1 is 1.14 bits per heavy atom. The Morgan fingerprint density at radius 2 is 1.96 bits per heavy atom. The van der Waals surface area contributed by atoms with E-state index >= 15 is 0 Å². The fourth-order valence-corrected chi connectivity index (χ4v) is 3.04. The molecule has 8 heteroatoms. The van der Waals surface area contributed by atoms with Crippen molar-refractivity contribution in [2.45, 2.75) is 19.3 Å². The summed E-state index contributed by atoms with van der Waals surface area (Å²) in [6.07, 6.45) is 4.59. The molecule has 3 aromatic heterocycles. The van der Waals surface area contributed by atoms with Crippen LogP contribution in [0.25, 0.3) is 16.9 Å². The van der Waals surface area contributed by atoms with Crippen LogP contribution in [-0.4, -0.2) is 31.1 Å². The molecule has 0 spiro atoms. The number of rotatable bonds is 5. The van der Waals surface area contributed by atoms with E-state index in [1.54, 1.807) is 17.0 Å². The smallest absolute Gasteiger partial charge is 0.318 e. The summed E-state index contributed by atoms with van der Waals surface area (Å²) in [5, 5.41) is 0.381. The van der Waals surface area contributed by atoms with Crippen LogP contribution in [0.1, 0.15) is 19.4 Å². The van der Waals surface area contributed by atoms with Crippen LogP contribution < -0.4 is 4.74 Å². The number of imidazole rings is 1. The highest BCUT2D eigenvalue weighted by atomic mass is 35.5. The Bertz CT molecular complexity index is 1140. The first-order chi connectivity index (χ1) is 13.4. The first kappa shape index (κ1) is 18.3. The molecule has 6 nitrogen and oxygen atoms in total. The normalized spacial score (nSPS) is 11.7. The maximum atomic E-state index is 13.4. The molecule has 0 unspecified atom stereocenters. The van der Waals surface area contributed by atoms with Gasteiger partial charge in [0.2, 0.25) is 5.95 Å². The van der Waals surface area contributed by atoms with Crippen molar-refractivity contribution in [2.24, 2.45) is 0 Å². The average Bonchev–Trinajstić information content (AvgIpc) is 3.11. The molecule has 0 aliphatic heterocycles. The lowest BCUT2D eigenvalue weighted by molar-refractivity contribution is 0.223. The molecule has 0 saturated heterocycles. The Labute approximate surface area is 166 Å². The predicted molar refractivity (Wildman–Crippen MR) is 104 cm³/mol. The molecule has 0 saturated carbocycles. The lowest BCUT2D eigenvalue weighted by Crippen LogP contribution is -2.27. The van der Waals surface area contributed by atoms with E-state index < -0.39 is 11.4 Å². The second kappa shape index (κ2) is 7.16. The molecular weight excluding hydrogens is 381 g/mol. The molecule has 0 N–H and O–H groups in total. The van der Waals surface area contributed by atoms with Crippen molar-refractivity contribution in [3.63, 3.8) is 0 Å². The van der Waals surface area contributed by atoms with E-state index in [0.717, 1.165) is 16.6 Å². The third-order valence-corrected chi connectivity index (χ3v) is 4.72. The summed E-state index contributed by atoms with van der Waals surface area (Å²) in [5.41, 5.74) is 2.02. The zero-order valence-electron chi connectivity index (χ0n) is 15.3. The first-order valence-corrected chi connectivity index (χ1v) is 9.02. The van der Waals surface area contributed by atoms with E-state index in [2.05, 4.69) is 19.9 Å². The van der Waals surface area contributed by atoms with Crippen LogP contribution in [0, 0.1) is 5.95 Å². The van der Waals surface area contributed by atoms with Crippen molar-refractivity contribution in [3.05, 3.63) is 71.7 Å². The van der Waals surface area contributed by atoms with Crippen LogP contribution >= 0.6 is 11.6 Å². The number of ether oxygens (including phenoxy) is 1. The molecule has 0 aliphatic rings. The number of nitrogens with zero attached hydrogens (tertiary/aromatic N) is 5. The van der Waals surface area contributed by atoms with Crippen LogP contribution in [0.15, 0.2) is 55.1 Å². The minimum Gasteiger partial charge on any atom is -0.462 e. The molecule has 0 amide bonds. The molecule has 4 rings (SSSR count). The van der Waals surface area contributed by atoms with Gasteiger partial charge in [-0.25, -0.2) is 15.0 Å². The second-order valence-corrected chi connectivity index (χ2v) is 7.37. The van der Waals surface area contributed by atoms with Crippen molar-refractivity contribution >= 4 is 22.6 Å². The molecule has 0 radical (unpaired) electrons. The Kier molecular flexibility index (Phi) is 4.68. The number of pyridine rings is 1. The van der Waals surface area contributed by atoms with Crippen molar-refractivity contribution in [3.8, 4) is 11.8 Å². The van der Waals surface area contributed by atoms with Gasteiger partial charge in [-0.3, -0.25) is 4.57 Å². The summed E-state index contributed by atoms with van der Waals surface area (Å²) in [6, 6.07) is 11.0. The molecule has 0 atom stereocenters. The van der Waals surface area contributed by atoms with Gasteiger partial charge < -0.3 is 4.74 Å². The lowest BCUT2D eigenvalue weighted by Gasteiger charge is -2.24. The maximum absolute atomic E-state index is 13.4. The van der Waals surface area contributed by atoms with Gasteiger partial charge in [0.1, 0.15) is 18.0 Å². The van der Waals surface area contributed by atoms with Crippen molar-refractivity contribution < 1.29 is 9.13 Å². The molecule has 3 heterocycles. The third-order valence-electron chi connectivity index (χ3n) is 4.46. The van der Waals surface area contributed by atoms with Crippen LogP contribution in [0.5, 0.6) is 6.01 Å². The second-order valence-electron chi connectivity index (χ2n) is 6.97. The Balaban J connectivity index is 1.61. The number of halogens is 2. The minimum atomic E-state index is -0.525. The van der Waals surface area contributed by atoms with Gasteiger partial charge in [-0.15, -0.1) is 0 Å². The highest BCUT2D eigenvalue weighted by molar-refractivity contribution is 6.32. The van der Waals surface area contributed by atoms with Crippen molar-refractivity contribution in [1.82, 2.24) is 24.5 Å². The first-order valence-electron chi connectivity index (χ1n) is 8.64. The summed E-state index contributed by atoms with van der Waals surface area (Å²) in [6.45, 7) is 4.14. The molecule has 0 aliphatic carbocycles. The van der Waals surface area contributed by atoms with E-state index in [0.29, 0.717) is 10.8 Å². The molecule has 1 aromatic carbocycles. The summed E-state index contributed by atoms with van der Waals surface area (Å²) < 4.78 is 21.0. The predicted octanol–water partition coefficient (Wildman–Crippen LogP) is 4.36. The fourth-order valence-electron chi connectivity index (χ4n) is 2.86. The zero-order chi connectivity index (χ0) is 19.7. The van der Waals surface area contributed by atoms with Crippen LogP contribution in [0.3, 0.4) is 0 Å². The number of hydrogen-bond acceptors (Lipinski definition) is 5. The standard InChI is InChI=1S/C20H17ClFN5O/c1-20(2,13-7-8-23-17(22)9-13)11-28-19-24-10-14(21)18(26-19)27-12-25-15-5-3-4-6-16(15)27/h3-10,12H,11H2,1-2H3. The number of fused-ring (bicyclic) bond motifs is 1. The summed E-state index contributed by atoms with van der Waals surface area (Å²) in [4.78, 5) is 16.6. The van der Waals surface area contributed by atoms with E-state index in [1.807, 2.05) is 38.1 Å². The van der Waals surface area contributed by atoms with E-state index in [1.165, 1.54) is 18.5 Å². The Hall–Kier alpha value is -3.06. The van der Waals surface area contributed by atoms with Gasteiger partial charge in [-0.2, -0.15) is 9.37 Å². The lowest BCUT2D eigenvalue weighted by atomic mass is 9.86. The fraction of sp³-hybridized carbons (Fsp3) is 0.200. The largest absolute Gasteiger partial charge is 0.462 e. The summed E-state index contributed by atoms with van der Waals surface area (Å²) >= 11 is 6.31. The number of aromatic nitrogens is 5. The molecule has 4 aromatic rings. The SMILES string of the molecule is CC(C)(COc1ncc(Cl)c(-n2cnc3ccccc32)n1)c1ccnc(F)c1. The third kappa shape index (κ3) is 3.53. The van der Waals surface area contributed by atoms with Gasteiger partial charge in [-0.1, -0.05) is 37.6 Å². The monoisotopic (exact) mass is 397 g/mol. The molecule has 0 fully saturated rings. The van der Waals surface area contributed by atoms with Crippen LogP contribution in [0.2, 0.25) is 5.02 Å². The highest BCUT2D eigenvalue weighted by Crippen LogP contribution is 2.26. The minimum absolute atomic E-state index is 0.180. The van der Waals surface area contributed by atoms with Crippen LogP contribution in [-0.2, 0) is 5.41 Å². The van der Waals surface area contributed by atoms with Gasteiger partial charge in [-0.05, 0) is 29.8 Å². The molecular formula is C20H17ClFN5O. The van der Waals surface area contributed by atoms with Gasteiger partial charge in [0.05, 0.1) is 17.2 Å². The average molecular weight is 398 g/mol. The summed E-state index contributed by atoms with van der Waals surface area (Å²) in [7, 11) is 0. The molecule has 142 valence electrons. The van der Waals surface area contributed by atoms with Gasteiger partial charge in [0.25, 0.3) is 0 Å². The van der Waals surface area contributed by atoms with Gasteiger partial charge in [0, 0.05) is 11.6 Å². The number of benzene rings is 1.